The average Bonchev–Trinajstić information content (AvgIpc) is 2.94. The SMILES string of the molecule is CCC(C)(Pc1c(C)cccc1/C(=N/C)c1ccccc1)c1cc(C(C)(C)C)cc(C)c1OCc1ccccc1. The van der Waals surface area contributed by atoms with Gasteiger partial charge in [-0.2, -0.15) is 0 Å². The maximum absolute atomic E-state index is 6.69. The van der Waals surface area contributed by atoms with Crippen molar-refractivity contribution in [3.05, 3.63) is 130 Å². The molecule has 0 fully saturated rings. The van der Waals surface area contributed by atoms with Gasteiger partial charge in [0, 0.05) is 28.9 Å². The molecule has 208 valence electrons. The summed E-state index contributed by atoms with van der Waals surface area (Å²) in [6.45, 7) is 16.6. The second-order valence-electron chi connectivity index (χ2n) is 11.9. The zero-order valence-electron chi connectivity index (χ0n) is 25.4. The third-order valence-corrected chi connectivity index (χ3v) is 9.96. The molecule has 3 heteroatoms. The predicted octanol–water partition coefficient (Wildman–Crippen LogP) is 9.28. The molecule has 0 N–H and O–H groups in total. The highest BCUT2D eigenvalue weighted by Gasteiger charge is 2.33. The number of aryl methyl sites for hydroxylation is 2. The van der Waals surface area contributed by atoms with Crippen molar-refractivity contribution in [1.82, 2.24) is 0 Å². The maximum Gasteiger partial charge on any atom is 0.126 e. The summed E-state index contributed by atoms with van der Waals surface area (Å²) < 4.78 is 6.69. The molecular weight excluding hydrogens is 505 g/mol. The Morgan fingerprint density at radius 2 is 1.45 bits per heavy atom. The van der Waals surface area contributed by atoms with Gasteiger partial charge in [-0.1, -0.05) is 134 Å². The molecule has 0 heterocycles. The predicted molar refractivity (Wildman–Crippen MR) is 175 cm³/mol. The summed E-state index contributed by atoms with van der Waals surface area (Å²) in [6.07, 6.45) is 0.998. The number of ether oxygens (including phenoxy) is 1. The van der Waals surface area contributed by atoms with Gasteiger partial charge >= 0.3 is 0 Å². The van der Waals surface area contributed by atoms with E-state index >= 15 is 0 Å². The maximum atomic E-state index is 6.69. The average molecular weight is 550 g/mol. The molecule has 0 saturated carbocycles. The van der Waals surface area contributed by atoms with Gasteiger partial charge in [0.1, 0.15) is 12.4 Å². The molecular formula is C37H44NOP. The first-order valence-corrected chi connectivity index (χ1v) is 15.3. The van der Waals surface area contributed by atoms with Gasteiger partial charge in [-0.05, 0) is 53.2 Å². The first-order chi connectivity index (χ1) is 19.1. The zero-order valence-corrected chi connectivity index (χ0v) is 26.4. The van der Waals surface area contributed by atoms with E-state index in [9.17, 15) is 0 Å². The monoisotopic (exact) mass is 549 g/mol. The minimum Gasteiger partial charge on any atom is -0.488 e. The first kappa shape index (κ1) is 29.8. The smallest absolute Gasteiger partial charge is 0.126 e. The van der Waals surface area contributed by atoms with Crippen molar-refractivity contribution in [1.29, 1.82) is 0 Å². The molecule has 2 unspecified atom stereocenters. The van der Waals surface area contributed by atoms with Crippen LogP contribution in [-0.4, -0.2) is 12.8 Å². The molecule has 4 aromatic rings. The van der Waals surface area contributed by atoms with Crippen molar-refractivity contribution in [3.8, 4) is 5.75 Å². The lowest BCUT2D eigenvalue weighted by Crippen LogP contribution is -2.25. The van der Waals surface area contributed by atoms with E-state index in [1.54, 1.807) is 0 Å². The summed E-state index contributed by atoms with van der Waals surface area (Å²) in [4.78, 5) is 4.80. The fourth-order valence-corrected chi connectivity index (χ4v) is 6.86. The number of benzene rings is 4. The first-order valence-electron chi connectivity index (χ1n) is 14.3. The van der Waals surface area contributed by atoms with Gasteiger partial charge in [0.25, 0.3) is 0 Å². The molecule has 0 amide bonds. The van der Waals surface area contributed by atoms with Gasteiger partial charge in [-0.25, -0.2) is 0 Å². The summed E-state index contributed by atoms with van der Waals surface area (Å²) in [5.41, 5.74) is 9.81. The molecule has 0 aromatic heterocycles. The highest BCUT2D eigenvalue weighted by atomic mass is 31.1. The number of hydrogen-bond donors (Lipinski definition) is 0. The van der Waals surface area contributed by atoms with Crippen molar-refractivity contribution < 1.29 is 4.74 Å². The van der Waals surface area contributed by atoms with Crippen LogP contribution < -0.4 is 10.0 Å². The van der Waals surface area contributed by atoms with Crippen LogP contribution in [0, 0.1) is 13.8 Å². The van der Waals surface area contributed by atoms with Gasteiger partial charge in [-0.3, -0.25) is 4.99 Å². The Balaban J connectivity index is 1.85. The van der Waals surface area contributed by atoms with Crippen LogP contribution in [0.1, 0.15) is 80.0 Å². The normalized spacial score (nSPS) is 13.9. The fraction of sp³-hybridized carbons (Fsp3) is 0.324. The molecule has 2 atom stereocenters. The van der Waals surface area contributed by atoms with E-state index in [1.807, 2.05) is 7.05 Å². The van der Waals surface area contributed by atoms with Crippen LogP contribution in [0.2, 0.25) is 0 Å². The van der Waals surface area contributed by atoms with Crippen LogP contribution in [0.15, 0.2) is 96.0 Å². The molecule has 0 spiro atoms. The molecule has 40 heavy (non-hydrogen) atoms. The lowest BCUT2D eigenvalue weighted by Gasteiger charge is -2.35. The third kappa shape index (κ3) is 6.56. The summed E-state index contributed by atoms with van der Waals surface area (Å²) in [5.74, 6) is 1.02. The van der Waals surface area contributed by atoms with E-state index in [2.05, 4.69) is 139 Å². The van der Waals surface area contributed by atoms with Crippen LogP contribution in [-0.2, 0) is 17.2 Å². The molecule has 2 nitrogen and oxygen atoms in total. The second kappa shape index (κ2) is 12.5. The van der Waals surface area contributed by atoms with Crippen LogP contribution in [0.25, 0.3) is 0 Å². The summed E-state index contributed by atoms with van der Waals surface area (Å²) in [5, 5.41) is 1.26. The molecule has 0 radical (unpaired) electrons. The summed E-state index contributed by atoms with van der Waals surface area (Å²) in [6, 6.07) is 32.4. The van der Waals surface area contributed by atoms with E-state index in [0.29, 0.717) is 15.2 Å². The van der Waals surface area contributed by atoms with Crippen molar-refractivity contribution in [2.75, 3.05) is 7.05 Å². The number of rotatable bonds is 9. The molecule has 0 saturated heterocycles. The van der Waals surface area contributed by atoms with E-state index in [0.717, 1.165) is 23.4 Å². The lowest BCUT2D eigenvalue weighted by molar-refractivity contribution is 0.297. The molecule has 4 rings (SSSR count). The Labute approximate surface area is 243 Å². The highest BCUT2D eigenvalue weighted by molar-refractivity contribution is 7.49. The van der Waals surface area contributed by atoms with E-state index in [1.165, 1.54) is 38.7 Å². The number of hydrogen-bond acceptors (Lipinski definition) is 2. The highest BCUT2D eigenvalue weighted by Crippen LogP contribution is 2.50. The Kier molecular flexibility index (Phi) is 9.32. The van der Waals surface area contributed by atoms with Crippen LogP contribution in [0.3, 0.4) is 0 Å². The van der Waals surface area contributed by atoms with Gasteiger partial charge in [-0.15, -0.1) is 0 Å². The van der Waals surface area contributed by atoms with Gasteiger partial charge in [0.2, 0.25) is 0 Å². The van der Waals surface area contributed by atoms with Crippen LogP contribution in [0.4, 0.5) is 0 Å². The topological polar surface area (TPSA) is 21.6 Å². The van der Waals surface area contributed by atoms with Crippen molar-refractivity contribution in [3.63, 3.8) is 0 Å². The molecule has 4 aromatic carbocycles. The zero-order chi connectivity index (χ0) is 28.9. The lowest BCUT2D eigenvalue weighted by atomic mass is 9.82. The van der Waals surface area contributed by atoms with Gasteiger partial charge < -0.3 is 4.74 Å². The molecule has 0 aliphatic heterocycles. The molecule has 0 aliphatic carbocycles. The summed E-state index contributed by atoms with van der Waals surface area (Å²) >= 11 is 0. The van der Waals surface area contributed by atoms with Crippen molar-refractivity contribution >= 4 is 19.6 Å². The largest absolute Gasteiger partial charge is 0.488 e. The fourth-order valence-electron chi connectivity index (χ4n) is 5.19. The van der Waals surface area contributed by atoms with E-state index in [4.69, 9.17) is 9.73 Å². The molecule has 0 aliphatic rings. The number of aliphatic imine (C=N–C) groups is 1. The van der Waals surface area contributed by atoms with Crippen molar-refractivity contribution in [2.24, 2.45) is 4.99 Å². The third-order valence-electron chi connectivity index (χ3n) is 7.87. The second-order valence-corrected chi connectivity index (χ2v) is 13.8. The Bertz CT molecular complexity index is 1470. The van der Waals surface area contributed by atoms with Crippen LogP contribution in [0.5, 0.6) is 5.75 Å². The molecule has 0 bridgehead atoms. The Hall–Kier alpha value is -3.22. The minimum atomic E-state index is -0.117. The Morgan fingerprint density at radius 1 is 0.800 bits per heavy atom. The minimum absolute atomic E-state index is 0.0401. The standard InChI is InChI=1S/C37H44NOP/c1-9-37(7,40-35-26(2)17-16-22-31(35)33(38-8)29-20-14-11-15-21-29)32-24-30(36(4,5)6)23-27(3)34(32)39-25-28-18-12-10-13-19-28/h10-24,40H,9,25H2,1-8H3/b38-33+. The van der Waals surface area contributed by atoms with Crippen molar-refractivity contribution in [2.45, 2.75) is 72.1 Å². The van der Waals surface area contributed by atoms with E-state index in [-0.39, 0.29) is 10.6 Å². The quantitative estimate of drug-likeness (QED) is 0.151. The van der Waals surface area contributed by atoms with Gasteiger partial charge in [0.15, 0.2) is 0 Å². The Morgan fingerprint density at radius 3 is 2.05 bits per heavy atom. The van der Waals surface area contributed by atoms with Crippen LogP contribution >= 0.6 is 8.58 Å². The number of nitrogens with zero attached hydrogens (tertiary/aromatic N) is 1. The van der Waals surface area contributed by atoms with E-state index < -0.39 is 0 Å². The summed E-state index contributed by atoms with van der Waals surface area (Å²) in [7, 11) is 2.45. The van der Waals surface area contributed by atoms with Gasteiger partial charge in [0.05, 0.1) is 5.71 Å².